The second kappa shape index (κ2) is 5.64. The van der Waals surface area contributed by atoms with E-state index in [0.717, 1.165) is 5.56 Å². The van der Waals surface area contributed by atoms with Gasteiger partial charge in [-0.15, -0.1) is 0 Å². The number of hydrogen-bond donors (Lipinski definition) is 0. The Kier molecular flexibility index (Phi) is 3.93. The fourth-order valence-electron chi connectivity index (χ4n) is 1.72. The first-order valence-corrected chi connectivity index (χ1v) is 5.97. The van der Waals surface area contributed by atoms with Gasteiger partial charge in [-0.1, -0.05) is 12.1 Å². The van der Waals surface area contributed by atoms with Crippen molar-refractivity contribution in [3.8, 4) is 5.75 Å². The van der Waals surface area contributed by atoms with Gasteiger partial charge < -0.3 is 4.74 Å². The van der Waals surface area contributed by atoms with E-state index in [0.29, 0.717) is 11.3 Å². The molecule has 104 valence electrons. The van der Waals surface area contributed by atoms with Crippen LogP contribution in [-0.4, -0.2) is 9.91 Å². The molecule has 2 rings (SSSR count). The van der Waals surface area contributed by atoms with Crippen LogP contribution in [0, 0.1) is 29.8 Å². The van der Waals surface area contributed by atoms with Crippen molar-refractivity contribution in [3.63, 3.8) is 0 Å². The smallest absolute Gasteiger partial charge is 0.329 e. The van der Waals surface area contributed by atoms with Crippen LogP contribution in [0.3, 0.4) is 0 Å². The van der Waals surface area contributed by atoms with Crippen molar-refractivity contribution >= 4 is 5.69 Å². The van der Waals surface area contributed by atoms with Gasteiger partial charge in [-0.2, -0.15) is 0 Å². The number of nitro groups is 1. The third-order valence-electron chi connectivity index (χ3n) is 2.99. The number of halogens is 1. The zero-order valence-corrected chi connectivity index (χ0v) is 11.1. The van der Waals surface area contributed by atoms with Gasteiger partial charge >= 0.3 is 5.69 Å². The molecule has 1 aromatic carbocycles. The minimum atomic E-state index is -0.528. The summed E-state index contributed by atoms with van der Waals surface area (Å²) >= 11 is 0. The Morgan fingerprint density at radius 1 is 1.30 bits per heavy atom. The molecule has 0 aliphatic carbocycles. The van der Waals surface area contributed by atoms with Crippen molar-refractivity contribution in [3.05, 3.63) is 63.2 Å². The molecule has 0 fully saturated rings. The van der Waals surface area contributed by atoms with Crippen molar-refractivity contribution in [1.82, 2.24) is 4.98 Å². The summed E-state index contributed by atoms with van der Waals surface area (Å²) in [5, 5.41) is 11.0. The van der Waals surface area contributed by atoms with Gasteiger partial charge in [0.1, 0.15) is 18.6 Å². The summed E-state index contributed by atoms with van der Waals surface area (Å²) < 4.78 is 18.3. The molecular formula is C14H13FN2O3. The molecule has 0 aliphatic rings. The fraction of sp³-hybridized carbons (Fsp3) is 0.214. The molecule has 6 heteroatoms. The average Bonchev–Trinajstić information content (AvgIpc) is 2.42. The quantitative estimate of drug-likeness (QED) is 0.634. The number of nitrogens with zero attached hydrogens (tertiary/aromatic N) is 2. The molecular weight excluding hydrogens is 263 g/mol. The molecule has 0 aliphatic heterocycles. The predicted octanol–water partition coefficient (Wildman–Crippen LogP) is 3.32. The Morgan fingerprint density at radius 2 is 1.95 bits per heavy atom. The van der Waals surface area contributed by atoms with Crippen molar-refractivity contribution < 1.29 is 14.1 Å². The summed E-state index contributed by atoms with van der Waals surface area (Å²) in [5.74, 6) is -0.137. The van der Waals surface area contributed by atoms with Gasteiger partial charge in [0.2, 0.25) is 5.75 Å². The van der Waals surface area contributed by atoms with Crippen LogP contribution in [0.15, 0.2) is 30.5 Å². The largest absolute Gasteiger partial charge is 0.482 e. The van der Waals surface area contributed by atoms with E-state index in [9.17, 15) is 14.5 Å². The third-order valence-corrected chi connectivity index (χ3v) is 2.99. The lowest BCUT2D eigenvalue weighted by Gasteiger charge is -2.10. The van der Waals surface area contributed by atoms with Crippen molar-refractivity contribution in [2.45, 2.75) is 20.5 Å². The highest BCUT2D eigenvalue weighted by molar-refractivity contribution is 5.51. The molecule has 0 atom stereocenters. The highest BCUT2D eigenvalue weighted by Gasteiger charge is 2.20. The van der Waals surface area contributed by atoms with Crippen LogP contribution in [0.1, 0.15) is 16.8 Å². The molecule has 0 spiro atoms. The second-order valence-electron chi connectivity index (χ2n) is 4.36. The van der Waals surface area contributed by atoms with Gasteiger partial charge in [-0.05, 0) is 31.5 Å². The van der Waals surface area contributed by atoms with E-state index in [2.05, 4.69) is 4.98 Å². The van der Waals surface area contributed by atoms with Gasteiger partial charge in [0.05, 0.1) is 4.92 Å². The van der Waals surface area contributed by atoms with Gasteiger partial charge in [-0.25, -0.2) is 4.39 Å². The zero-order chi connectivity index (χ0) is 14.7. The van der Waals surface area contributed by atoms with Crippen LogP contribution in [0.5, 0.6) is 5.75 Å². The Labute approximate surface area is 115 Å². The molecule has 1 heterocycles. The summed E-state index contributed by atoms with van der Waals surface area (Å²) in [5.41, 5.74) is 1.86. The van der Waals surface area contributed by atoms with E-state index in [1.165, 1.54) is 18.3 Å². The number of aryl methyl sites for hydroxylation is 1. The first-order valence-electron chi connectivity index (χ1n) is 5.97. The van der Waals surface area contributed by atoms with Crippen molar-refractivity contribution in [1.29, 1.82) is 0 Å². The number of rotatable bonds is 4. The van der Waals surface area contributed by atoms with E-state index < -0.39 is 4.92 Å². The lowest BCUT2D eigenvalue weighted by Crippen LogP contribution is -2.03. The Morgan fingerprint density at radius 3 is 2.55 bits per heavy atom. The molecule has 0 radical (unpaired) electrons. The van der Waals surface area contributed by atoms with Crippen LogP contribution >= 0.6 is 0 Å². The summed E-state index contributed by atoms with van der Waals surface area (Å²) in [6.07, 6.45) is 1.18. The second-order valence-corrected chi connectivity index (χ2v) is 4.36. The predicted molar refractivity (Wildman–Crippen MR) is 71.1 cm³/mol. The number of ether oxygens (including phenoxy) is 1. The van der Waals surface area contributed by atoms with Crippen LogP contribution in [0.4, 0.5) is 10.1 Å². The molecule has 0 saturated carbocycles. The maximum Gasteiger partial charge on any atom is 0.329 e. The minimum absolute atomic E-state index is 0.130. The zero-order valence-electron chi connectivity index (χ0n) is 11.1. The van der Waals surface area contributed by atoms with Crippen LogP contribution in [0.2, 0.25) is 0 Å². The van der Waals surface area contributed by atoms with Crippen LogP contribution in [0.25, 0.3) is 0 Å². The average molecular weight is 276 g/mol. The molecule has 0 N–H and O–H groups in total. The van der Waals surface area contributed by atoms with E-state index in [1.54, 1.807) is 26.0 Å². The van der Waals surface area contributed by atoms with Crippen molar-refractivity contribution in [2.24, 2.45) is 0 Å². The number of hydrogen-bond acceptors (Lipinski definition) is 4. The van der Waals surface area contributed by atoms with Gasteiger partial charge in [0, 0.05) is 11.3 Å². The highest BCUT2D eigenvalue weighted by atomic mass is 19.1. The van der Waals surface area contributed by atoms with E-state index >= 15 is 0 Å². The molecule has 0 amide bonds. The minimum Gasteiger partial charge on any atom is -0.482 e. The maximum absolute atomic E-state index is 12.8. The molecule has 20 heavy (non-hydrogen) atoms. The third kappa shape index (κ3) is 2.90. The SMILES string of the molecule is Cc1ncc([N+](=O)[O-])c(OCc2ccc(F)cc2)c1C. The molecule has 1 aromatic heterocycles. The first kappa shape index (κ1) is 13.9. The summed E-state index contributed by atoms with van der Waals surface area (Å²) in [6, 6.07) is 5.78. The molecule has 0 saturated heterocycles. The van der Waals surface area contributed by atoms with Crippen LogP contribution in [-0.2, 0) is 6.61 Å². The first-order chi connectivity index (χ1) is 9.49. The van der Waals surface area contributed by atoms with Crippen molar-refractivity contribution in [2.75, 3.05) is 0 Å². The topological polar surface area (TPSA) is 65.3 Å². The summed E-state index contributed by atoms with van der Waals surface area (Å²) in [6.45, 7) is 3.60. The number of pyridine rings is 1. The Bertz CT molecular complexity index is 642. The van der Waals surface area contributed by atoms with E-state index in [1.807, 2.05) is 0 Å². The normalized spacial score (nSPS) is 10.3. The maximum atomic E-state index is 12.8. The monoisotopic (exact) mass is 276 g/mol. The standard InChI is InChI=1S/C14H13FN2O3/c1-9-10(2)16-7-13(17(18)19)14(9)20-8-11-3-5-12(15)6-4-11/h3-7H,8H2,1-2H3. The summed E-state index contributed by atoms with van der Waals surface area (Å²) in [7, 11) is 0. The van der Waals surface area contributed by atoms with Gasteiger partial charge in [0.25, 0.3) is 0 Å². The molecule has 5 nitrogen and oxygen atoms in total. The number of aromatic nitrogens is 1. The molecule has 0 bridgehead atoms. The lowest BCUT2D eigenvalue weighted by molar-refractivity contribution is -0.386. The lowest BCUT2D eigenvalue weighted by atomic mass is 10.2. The summed E-state index contributed by atoms with van der Waals surface area (Å²) in [4.78, 5) is 14.4. The van der Waals surface area contributed by atoms with Gasteiger partial charge in [0.15, 0.2) is 0 Å². The Balaban J connectivity index is 2.26. The van der Waals surface area contributed by atoms with E-state index in [4.69, 9.17) is 4.74 Å². The van der Waals surface area contributed by atoms with Crippen LogP contribution < -0.4 is 4.74 Å². The van der Waals surface area contributed by atoms with Gasteiger partial charge in [-0.3, -0.25) is 15.1 Å². The highest BCUT2D eigenvalue weighted by Crippen LogP contribution is 2.31. The fourth-order valence-corrected chi connectivity index (χ4v) is 1.72. The Hall–Kier alpha value is -2.50. The molecule has 2 aromatic rings. The molecule has 0 unspecified atom stereocenters. The number of benzene rings is 1. The van der Waals surface area contributed by atoms with E-state index in [-0.39, 0.29) is 23.9 Å².